The number of rotatable bonds is 9. The van der Waals surface area contributed by atoms with Gasteiger partial charge in [-0.2, -0.15) is 13.2 Å². The molecule has 1 fully saturated rings. The summed E-state index contributed by atoms with van der Waals surface area (Å²) in [6.07, 6.45) is -1.22. The van der Waals surface area contributed by atoms with Gasteiger partial charge in [-0.1, -0.05) is 48.5 Å². The van der Waals surface area contributed by atoms with Crippen LogP contribution in [0.2, 0.25) is 0 Å². The fraction of sp³-hybridized carbons (Fsp3) is 0.379. The van der Waals surface area contributed by atoms with Gasteiger partial charge in [0.25, 0.3) is 5.91 Å². The SMILES string of the molecule is Cc1ccc(NC2CCC(OCCNC(=O)C(=O)Cc3ccc4ccccc4c3)CC2)cc1C(F)(F)F. The fourth-order valence-corrected chi connectivity index (χ4v) is 4.73. The first-order chi connectivity index (χ1) is 17.7. The van der Waals surface area contributed by atoms with Crippen molar-refractivity contribution in [3.63, 3.8) is 0 Å². The molecular weight excluding hydrogens is 481 g/mol. The Morgan fingerprint density at radius 3 is 2.41 bits per heavy atom. The van der Waals surface area contributed by atoms with Crippen molar-refractivity contribution in [2.24, 2.45) is 0 Å². The van der Waals surface area contributed by atoms with Crippen molar-refractivity contribution in [1.29, 1.82) is 0 Å². The molecule has 0 heterocycles. The van der Waals surface area contributed by atoms with Gasteiger partial charge in [0, 0.05) is 24.7 Å². The van der Waals surface area contributed by atoms with Crippen LogP contribution in [0.15, 0.2) is 60.7 Å². The summed E-state index contributed by atoms with van der Waals surface area (Å²) < 4.78 is 45.3. The van der Waals surface area contributed by atoms with E-state index in [-0.39, 0.29) is 30.7 Å². The number of fused-ring (bicyclic) bond motifs is 1. The Hall–Kier alpha value is -3.39. The van der Waals surface area contributed by atoms with E-state index in [2.05, 4.69) is 10.6 Å². The highest BCUT2D eigenvalue weighted by Crippen LogP contribution is 2.34. The summed E-state index contributed by atoms with van der Waals surface area (Å²) in [5.41, 5.74) is 0.851. The fourth-order valence-electron chi connectivity index (χ4n) is 4.73. The Balaban J connectivity index is 1.14. The van der Waals surface area contributed by atoms with Gasteiger partial charge in [0.1, 0.15) is 0 Å². The average Bonchev–Trinajstić information content (AvgIpc) is 2.87. The molecule has 2 N–H and O–H groups in total. The zero-order chi connectivity index (χ0) is 26.4. The molecule has 0 unspecified atom stereocenters. The number of alkyl halides is 3. The molecule has 0 spiro atoms. The zero-order valence-electron chi connectivity index (χ0n) is 20.7. The Kier molecular flexibility index (Phi) is 8.48. The first-order valence-electron chi connectivity index (χ1n) is 12.5. The second kappa shape index (κ2) is 11.8. The number of carbonyl (C=O) groups is 2. The Labute approximate surface area is 214 Å². The molecule has 4 rings (SSSR count). The van der Waals surface area contributed by atoms with Crippen LogP contribution in [0.25, 0.3) is 10.8 Å². The van der Waals surface area contributed by atoms with E-state index in [1.807, 2.05) is 42.5 Å². The van der Waals surface area contributed by atoms with E-state index < -0.39 is 23.4 Å². The standard InChI is InChI=1S/C29H31F3N2O3/c1-19-6-9-24(18-26(19)29(30,31)32)34-23-10-12-25(13-11-23)37-15-14-33-28(36)27(35)17-20-7-8-21-4-2-3-5-22(21)16-20/h2-9,16,18,23,25,34H,10-15,17H2,1H3,(H,33,36). The third-order valence-electron chi connectivity index (χ3n) is 6.76. The molecule has 1 amide bonds. The number of hydrogen-bond donors (Lipinski definition) is 2. The van der Waals surface area contributed by atoms with Gasteiger partial charge in [0.05, 0.1) is 18.3 Å². The highest BCUT2D eigenvalue weighted by atomic mass is 19.4. The summed E-state index contributed by atoms with van der Waals surface area (Å²) in [7, 11) is 0. The molecule has 3 aromatic carbocycles. The number of halogens is 3. The van der Waals surface area contributed by atoms with Crippen molar-refractivity contribution < 1.29 is 27.5 Å². The molecule has 0 radical (unpaired) electrons. The lowest BCUT2D eigenvalue weighted by atomic mass is 9.92. The molecule has 1 aliphatic carbocycles. The highest BCUT2D eigenvalue weighted by molar-refractivity contribution is 6.36. The highest BCUT2D eigenvalue weighted by Gasteiger charge is 2.32. The number of hydrogen-bond acceptors (Lipinski definition) is 4. The van der Waals surface area contributed by atoms with Crippen LogP contribution >= 0.6 is 0 Å². The lowest BCUT2D eigenvalue weighted by Crippen LogP contribution is -2.36. The van der Waals surface area contributed by atoms with Crippen LogP contribution in [0.4, 0.5) is 18.9 Å². The minimum atomic E-state index is -4.37. The van der Waals surface area contributed by atoms with Gasteiger partial charge in [-0.25, -0.2) is 0 Å². The smallest absolute Gasteiger partial charge is 0.382 e. The topological polar surface area (TPSA) is 67.4 Å². The molecule has 1 aliphatic rings. The molecule has 8 heteroatoms. The van der Waals surface area contributed by atoms with E-state index >= 15 is 0 Å². The minimum absolute atomic E-state index is 0.0204. The van der Waals surface area contributed by atoms with Crippen molar-refractivity contribution in [3.8, 4) is 0 Å². The number of ketones is 1. The summed E-state index contributed by atoms with van der Waals surface area (Å²) >= 11 is 0. The van der Waals surface area contributed by atoms with Gasteiger partial charge < -0.3 is 15.4 Å². The maximum absolute atomic E-state index is 13.2. The summed E-state index contributed by atoms with van der Waals surface area (Å²) in [4.78, 5) is 24.5. The van der Waals surface area contributed by atoms with Crippen molar-refractivity contribution >= 4 is 28.2 Å². The number of anilines is 1. The van der Waals surface area contributed by atoms with Crippen LogP contribution in [0, 0.1) is 6.92 Å². The Morgan fingerprint density at radius 2 is 1.68 bits per heavy atom. The molecule has 0 saturated heterocycles. The molecule has 0 aliphatic heterocycles. The lowest BCUT2D eigenvalue weighted by Gasteiger charge is -2.30. The van der Waals surface area contributed by atoms with E-state index in [1.165, 1.54) is 19.1 Å². The van der Waals surface area contributed by atoms with Gasteiger partial charge in [-0.05, 0) is 66.6 Å². The number of amides is 1. The normalized spacial score (nSPS) is 17.9. The second-order valence-corrected chi connectivity index (χ2v) is 9.55. The third kappa shape index (κ3) is 7.32. The number of carbonyl (C=O) groups excluding carboxylic acids is 2. The van der Waals surface area contributed by atoms with E-state index in [0.29, 0.717) is 12.3 Å². The first-order valence-corrected chi connectivity index (χ1v) is 12.5. The molecule has 37 heavy (non-hydrogen) atoms. The molecule has 5 nitrogen and oxygen atoms in total. The summed E-state index contributed by atoms with van der Waals surface area (Å²) in [6, 6.07) is 18.0. The maximum Gasteiger partial charge on any atom is 0.416 e. The van der Waals surface area contributed by atoms with Gasteiger partial charge in [-0.3, -0.25) is 9.59 Å². The molecule has 1 saturated carbocycles. The van der Waals surface area contributed by atoms with Crippen LogP contribution in [0.3, 0.4) is 0 Å². The summed E-state index contributed by atoms with van der Waals surface area (Å²) in [5, 5.41) is 7.94. The van der Waals surface area contributed by atoms with Gasteiger partial charge in [0.2, 0.25) is 5.78 Å². The quantitative estimate of drug-likeness (QED) is 0.280. The lowest BCUT2D eigenvalue weighted by molar-refractivity contribution is -0.138. The number of ether oxygens (including phenoxy) is 1. The second-order valence-electron chi connectivity index (χ2n) is 9.55. The summed E-state index contributed by atoms with van der Waals surface area (Å²) in [5.74, 6) is -1.12. The molecule has 0 atom stereocenters. The van der Waals surface area contributed by atoms with Crippen LogP contribution < -0.4 is 10.6 Å². The van der Waals surface area contributed by atoms with Crippen LogP contribution in [-0.2, 0) is 26.9 Å². The maximum atomic E-state index is 13.2. The Bertz CT molecular complexity index is 1250. The number of Topliss-reactive ketones (excluding diaryl/α,β-unsaturated/α-hetero) is 1. The molecule has 196 valence electrons. The average molecular weight is 513 g/mol. The zero-order valence-corrected chi connectivity index (χ0v) is 20.7. The van der Waals surface area contributed by atoms with Crippen molar-refractivity contribution in [1.82, 2.24) is 5.32 Å². The van der Waals surface area contributed by atoms with E-state index in [1.54, 1.807) is 6.07 Å². The van der Waals surface area contributed by atoms with E-state index in [0.717, 1.165) is 42.0 Å². The first kappa shape index (κ1) is 26.7. The number of aryl methyl sites for hydroxylation is 1. The number of benzene rings is 3. The van der Waals surface area contributed by atoms with Crippen LogP contribution in [-0.4, -0.2) is 37.0 Å². The number of nitrogens with one attached hydrogen (secondary N) is 2. The van der Waals surface area contributed by atoms with Gasteiger partial charge in [-0.15, -0.1) is 0 Å². The molecular formula is C29H31F3N2O3. The monoisotopic (exact) mass is 512 g/mol. The van der Waals surface area contributed by atoms with E-state index in [4.69, 9.17) is 4.74 Å². The predicted octanol–water partition coefficient (Wildman–Crippen LogP) is 5.83. The molecule has 3 aromatic rings. The largest absolute Gasteiger partial charge is 0.416 e. The molecule has 0 bridgehead atoms. The van der Waals surface area contributed by atoms with Crippen molar-refractivity contribution in [3.05, 3.63) is 77.4 Å². The van der Waals surface area contributed by atoms with Crippen LogP contribution in [0.1, 0.15) is 42.4 Å². The van der Waals surface area contributed by atoms with Gasteiger partial charge in [0.15, 0.2) is 0 Å². The minimum Gasteiger partial charge on any atom is -0.382 e. The van der Waals surface area contributed by atoms with Gasteiger partial charge >= 0.3 is 6.18 Å². The predicted molar refractivity (Wildman–Crippen MR) is 137 cm³/mol. The van der Waals surface area contributed by atoms with Crippen LogP contribution in [0.5, 0.6) is 0 Å². The summed E-state index contributed by atoms with van der Waals surface area (Å²) in [6.45, 7) is 1.99. The van der Waals surface area contributed by atoms with Crippen molar-refractivity contribution in [2.45, 2.75) is 57.3 Å². The Morgan fingerprint density at radius 1 is 0.946 bits per heavy atom. The third-order valence-corrected chi connectivity index (χ3v) is 6.76. The molecule has 0 aromatic heterocycles. The van der Waals surface area contributed by atoms with Crippen molar-refractivity contribution in [2.75, 3.05) is 18.5 Å². The van der Waals surface area contributed by atoms with E-state index in [9.17, 15) is 22.8 Å².